The molecule has 0 spiro atoms. The standard InChI is InChI=1S/C17H21N3O5/c1-5-24-13(21)10-20-12-9-7-6-8-11(12)14(15(20)22)18-19-16(23)25-17(2,3)4/h6-9,22H,5,10H2,1-4H3. The van der Waals surface area contributed by atoms with Crippen molar-refractivity contribution >= 4 is 28.7 Å². The summed E-state index contributed by atoms with van der Waals surface area (Å²) in [5.74, 6) is -0.768. The van der Waals surface area contributed by atoms with Crippen LogP contribution in [-0.2, 0) is 20.8 Å². The highest BCUT2D eigenvalue weighted by molar-refractivity contribution is 5.96. The van der Waals surface area contributed by atoms with E-state index >= 15 is 0 Å². The minimum absolute atomic E-state index is 0.0887. The second-order valence-corrected chi connectivity index (χ2v) is 6.26. The number of esters is 1. The zero-order chi connectivity index (χ0) is 18.6. The van der Waals surface area contributed by atoms with E-state index in [1.54, 1.807) is 52.0 Å². The fraction of sp³-hybridized carbons (Fsp3) is 0.412. The molecule has 1 heterocycles. The highest BCUT2D eigenvalue weighted by Crippen LogP contribution is 2.38. The van der Waals surface area contributed by atoms with Gasteiger partial charge in [0, 0.05) is 5.39 Å². The third-order valence-corrected chi connectivity index (χ3v) is 3.14. The Kier molecular flexibility index (Phi) is 5.41. The first-order valence-electron chi connectivity index (χ1n) is 7.83. The van der Waals surface area contributed by atoms with Crippen molar-refractivity contribution in [3.05, 3.63) is 24.3 Å². The van der Waals surface area contributed by atoms with E-state index in [4.69, 9.17) is 9.47 Å². The molecule has 0 unspecified atom stereocenters. The van der Waals surface area contributed by atoms with Crippen molar-refractivity contribution in [1.82, 2.24) is 4.57 Å². The zero-order valence-corrected chi connectivity index (χ0v) is 14.6. The number of ether oxygens (including phenoxy) is 2. The molecule has 8 heteroatoms. The third-order valence-electron chi connectivity index (χ3n) is 3.14. The van der Waals surface area contributed by atoms with Crippen molar-refractivity contribution in [3.8, 4) is 5.88 Å². The van der Waals surface area contributed by atoms with Crippen molar-refractivity contribution in [3.63, 3.8) is 0 Å². The first-order chi connectivity index (χ1) is 11.7. The Labute approximate surface area is 145 Å². The van der Waals surface area contributed by atoms with Crippen LogP contribution in [0.4, 0.5) is 10.5 Å². The van der Waals surface area contributed by atoms with Gasteiger partial charge in [0.1, 0.15) is 12.1 Å². The summed E-state index contributed by atoms with van der Waals surface area (Å²) in [6.07, 6.45) is -0.867. The summed E-state index contributed by atoms with van der Waals surface area (Å²) in [4.78, 5) is 23.5. The number of carbonyl (C=O) groups excluding carboxylic acids is 2. The number of carbonyl (C=O) groups is 2. The van der Waals surface area contributed by atoms with E-state index in [0.29, 0.717) is 10.9 Å². The molecule has 0 aliphatic carbocycles. The number of benzene rings is 1. The van der Waals surface area contributed by atoms with Crippen molar-refractivity contribution in [2.75, 3.05) is 6.61 Å². The number of aromatic hydroxyl groups is 1. The Balaban J connectivity index is 2.39. The van der Waals surface area contributed by atoms with Gasteiger partial charge in [0.05, 0.1) is 12.1 Å². The number of para-hydroxylation sites is 1. The number of rotatable bonds is 4. The smallest absolute Gasteiger partial charge is 0.452 e. The van der Waals surface area contributed by atoms with Gasteiger partial charge in [0.15, 0.2) is 5.69 Å². The summed E-state index contributed by atoms with van der Waals surface area (Å²) in [5, 5.41) is 18.3. The molecule has 0 atom stereocenters. The van der Waals surface area contributed by atoms with Crippen molar-refractivity contribution in [2.45, 2.75) is 39.8 Å². The molecule has 0 radical (unpaired) electrons. The van der Waals surface area contributed by atoms with E-state index in [0.717, 1.165) is 0 Å². The average molecular weight is 347 g/mol. The molecule has 1 N–H and O–H groups in total. The predicted molar refractivity (Wildman–Crippen MR) is 91.0 cm³/mol. The van der Waals surface area contributed by atoms with Crippen molar-refractivity contribution < 1.29 is 24.2 Å². The topological polar surface area (TPSA) is 102 Å². The lowest BCUT2D eigenvalue weighted by molar-refractivity contribution is -0.143. The number of aromatic nitrogens is 1. The molecule has 0 bridgehead atoms. The molecule has 0 aliphatic rings. The van der Waals surface area contributed by atoms with Crippen LogP contribution in [0, 0.1) is 0 Å². The maximum atomic E-state index is 11.8. The van der Waals surface area contributed by atoms with Crippen molar-refractivity contribution in [2.24, 2.45) is 10.2 Å². The van der Waals surface area contributed by atoms with Crippen LogP contribution >= 0.6 is 0 Å². The maximum Gasteiger partial charge on any atom is 0.452 e. The van der Waals surface area contributed by atoms with Gasteiger partial charge in [0.2, 0.25) is 5.88 Å². The van der Waals surface area contributed by atoms with Gasteiger partial charge in [-0.05, 0) is 33.8 Å². The van der Waals surface area contributed by atoms with Gasteiger partial charge in [-0.25, -0.2) is 4.79 Å². The van der Waals surface area contributed by atoms with Gasteiger partial charge in [-0.3, -0.25) is 9.36 Å². The van der Waals surface area contributed by atoms with Crippen LogP contribution in [0.1, 0.15) is 27.7 Å². The Morgan fingerprint density at radius 3 is 2.56 bits per heavy atom. The molecule has 1 aromatic heterocycles. The van der Waals surface area contributed by atoms with E-state index < -0.39 is 17.7 Å². The monoisotopic (exact) mass is 347 g/mol. The molecule has 1 amide bonds. The number of fused-ring (bicyclic) bond motifs is 1. The van der Waals surface area contributed by atoms with Gasteiger partial charge >= 0.3 is 12.1 Å². The van der Waals surface area contributed by atoms with Crippen LogP contribution in [0.2, 0.25) is 0 Å². The second kappa shape index (κ2) is 7.33. The first-order valence-corrected chi connectivity index (χ1v) is 7.83. The van der Waals surface area contributed by atoms with Crippen LogP contribution in [0.3, 0.4) is 0 Å². The number of azo groups is 1. The predicted octanol–water partition coefficient (Wildman–Crippen LogP) is 3.93. The lowest BCUT2D eigenvalue weighted by Gasteiger charge is -2.16. The first kappa shape index (κ1) is 18.4. The average Bonchev–Trinajstić information content (AvgIpc) is 2.76. The number of hydrogen-bond donors (Lipinski definition) is 1. The second-order valence-electron chi connectivity index (χ2n) is 6.26. The largest absolute Gasteiger partial charge is 0.493 e. The van der Waals surface area contributed by atoms with E-state index in [1.165, 1.54) is 4.57 Å². The lowest BCUT2D eigenvalue weighted by atomic mass is 10.2. The molecule has 0 aliphatic heterocycles. The summed E-state index contributed by atoms with van der Waals surface area (Å²) in [7, 11) is 0. The Hall–Kier alpha value is -2.90. The molecular weight excluding hydrogens is 326 g/mol. The normalized spacial score (nSPS) is 11.8. The highest BCUT2D eigenvalue weighted by Gasteiger charge is 2.20. The molecule has 134 valence electrons. The van der Waals surface area contributed by atoms with Gasteiger partial charge in [-0.15, -0.1) is 5.11 Å². The highest BCUT2D eigenvalue weighted by atomic mass is 16.6. The molecule has 25 heavy (non-hydrogen) atoms. The minimum atomic E-state index is -0.867. The Bertz CT molecular complexity index is 818. The maximum absolute atomic E-state index is 11.8. The lowest BCUT2D eigenvalue weighted by Crippen LogP contribution is -2.21. The molecule has 2 aromatic rings. The van der Waals surface area contributed by atoms with Crippen molar-refractivity contribution in [1.29, 1.82) is 0 Å². The molecule has 2 rings (SSSR count). The molecule has 0 saturated carbocycles. The van der Waals surface area contributed by atoms with E-state index in [1.807, 2.05) is 0 Å². The number of hydrogen-bond acceptors (Lipinski definition) is 6. The quantitative estimate of drug-likeness (QED) is 0.667. The van der Waals surface area contributed by atoms with Crippen LogP contribution in [0.5, 0.6) is 5.88 Å². The molecule has 1 aromatic carbocycles. The molecule has 0 fully saturated rings. The van der Waals surface area contributed by atoms with Gasteiger partial charge in [-0.2, -0.15) is 0 Å². The van der Waals surface area contributed by atoms with Gasteiger partial charge in [-0.1, -0.05) is 23.3 Å². The molecule has 8 nitrogen and oxygen atoms in total. The third kappa shape index (κ3) is 4.56. The SMILES string of the molecule is CCOC(=O)Cn1c(O)c(N=NC(=O)OC(C)(C)C)c2ccccc21. The number of nitrogens with zero attached hydrogens (tertiary/aromatic N) is 3. The Morgan fingerprint density at radius 1 is 1.24 bits per heavy atom. The van der Waals surface area contributed by atoms with Crippen LogP contribution in [-0.4, -0.2) is 33.9 Å². The summed E-state index contributed by atoms with van der Waals surface area (Å²) in [5.41, 5.74) is -0.0345. The summed E-state index contributed by atoms with van der Waals surface area (Å²) in [6, 6.07) is 6.95. The summed E-state index contributed by atoms with van der Waals surface area (Å²) in [6.45, 7) is 6.90. The minimum Gasteiger partial charge on any atom is -0.493 e. The van der Waals surface area contributed by atoms with Crippen LogP contribution < -0.4 is 0 Å². The van der Waals surface area contributed by atoms with E-state index in [-0.39, 0.29) is 24.7 Å². The summed E-state index contributed by atoms with van der Waals surface area (Å²) >= 11 is 0. The number of amides is 1. The van der Waals surface area contributed by atoms with Crippen LogP contribution in [0.15, 0.2) is 34.5 Å². The fourth-order valence-corrected chi connectivity index (χ4v) is 2.24. The van der Waals surface area contributed by atoms with E-state index in [9.17, 15) is 14.7 Å². The van der Waals surface area contributed by atoms with Gasteiger partial charge < -0.3 is 14.6 Å². The Morgan fingerprint density at radius 2 is 1.92 bits per heavy atom. The summed E-state index contributed by atoms with van der Waals surface area (Å²) < 4.78 is 11.3. The molecule has 0 saturated heterocycles. The fourth-order valence-electron chi connectivity index (χ4n) is 2.24. The van der Waals surface area contributed by atoms with E-state index in [2.05, 4.69) is 10.2 Å². The zero-order valence-electron chi connectivity index (χ0n) is 14.6. The van der Waals surface area contributed by atoms with Gasteiger partial charge in [0.25, 0.3) is 0 Å². The van der Waals surface area contributed by atoms with Crippen LogP contribution in [0.25, 0.3) is 10.9 Å². The molecular formula is C17H21N3O5.